The predicted octanol–water partition coefficient (Wildman–Crippen LogP) is 2.41. The number of aryl methyl sites for hydroxylation is 2. The second-order valence-electron chi connectivity index (χ2n) is 4.11. The Bertz CT molecular complexity index is 626. The van der Waals surface area contributed by atoms with Gasteiger partial charge in [-0.05, 0) is 28.9 Å². The average molecular weight is 326 g/mol. The molecule has 1 N–H and O–H groups in total. The maximum atomic E-state index is 10.9. The van der Waals surface area contributed by atoms with Crippen molar-refractivity contribution in [1.29, 1.82) is 0 Å². The summed E-state index contributed by atoms with van der Waals surface area (Å²) in [5.41, 5.74) is 2.12. The summed E-state index contributed by atoms with van der Waals surface area (Å²) in [6, 6.07) is 3.23. The molecule has 0 spiro atoms. The maximum absolute atomic E-state index is 10.9. The number of anilines is 1. The normalized spacial score (nSPS) is 10.5. The van der Waals surface area contributed by atoms with Gasteiger partial charge in [0.25, 0.3) is 5.69 Å². The highest BCUT2D eigenvalue weighted by molar-refractivity contribution is 9.10. The van der Waals surface area contributed by atoms with E-state index < -0.39 is 4.92 Å². The SMILES string of the molecule is Cc1cc(Br)c(NCc2cn(C)nn2)cc1[N+](=O)[O-]. The first kappa shape index (κ1) is 13.5. The van der Waals surface area contributed by atoms with Crippen molar-refractivity contribution in [2.75, 3.05) is 5.32 Å². The molecule has 1 aromatic carbocycles. The Kier molecular flexibility index (Phi) is 3.79. The van der Waals surface area contributed by atoms with Gasteiger partial charge < -0.3 is 5.32 Å². The van der Waals surface area contributed by atoms with E-state index in [1.165, 1.54) is 6.07 Å². The maximum Gasteiger partial charge on any atom is 0.274 e. The van der Waals surface area contributed by atoms with Crippen LogP contribution in [-0.2, 0) is 13.6 Å². The van der Waals surface area contributed by atoms with Gasteiger partial charge in [0.05, 0.1) is 17.2 Å². The highest BCUT2D eigenvalue weighted by Crippen LogP contribution is 2.30. The Morgan fingerprint density at radius 2 is 2.26 bits per heavy atom. The minimum Gasteiger partial charge on any atom is -0.378 e. The molecule has 19 heavy (non-hydrogen) atoms. The van der Waals surface area contributed by atoms with Gasteiger partial charge >= 0.3 is 0 Å². The van der Waals surface area contributed by atoms with Crippen LogP contribution in [0.5, 0.6) is 0 Å². The standard InChI is InChI=1S/C11H12BrN5O2/c1-7-3-9(12)10(4-11(7)17(18)19)13-5-8-6-16(2)15-14-8/h3-4,6,13H,5H2,1-2H3. The van der Waals surface area contributed by atoms with Crippen molar-refractivity contribution < 1.29 is 4.92 Å². The number of nitrogens with zero attached hydrogens (tertiary/aromatic N) is 4. The molecule has 2 rings (SSSR count). The topological polar surface area (TPSA) is 85.9 Å². The molecule has 7 nitrogen and oxygen atoms in total. The molecule has 0 aliphatic rings. The van der Waals surface area contributed by atoms with Crippen molar-refractivity contribution in [3.05, 3.63) is 44.2 Å². The molecule has 0 unspecified atom stereocenters. The fraction of sp³-hybridized carbons (Fsp3) is 0.273. The molecule has 1 aromatic heterocycles. The summed E-state index contributed by atoms with van der Waals surface area (Å²) in [4.78, 5) is 10.5. The molecule has 0 fully saturated rings. The van der Waals surface area contributed by atoms with Crippen LogP contribution in [0.4, 0.5) is 11.4 Å². The van der Waals surface area contributed by atoms with Crippen LogP contribution >= 0.6 is 15.9 Å². The fourth-order valence-electron chi connectivity index (χ4n) is 1.66. The van der Waals surface area contributed by atoms with E-state index in [-0.39, 0.29) is 5.69 Å². The van der Waals surface area contributed by atoms with Crippen molar-refractivity contribution in [3.63, 3.8) is 0 Å². The second kappa shape index (κ2) is 5.35. The number of hydrogen-bond donors (Lipinski definition) is 1. The third kappa shape index (κ3) is 3.08. The third-order valence-corrected chi connectivity index (χ3v) is 3.25. The first-order valence-electron chi connectivity index (χ1n) is 5.51. The summed E-state index contributed by atoms with van der Waals surface area (Å²) in [5.74, 6) is 0. The molecule has 2 aromatic rings. The van der Waals surface area contributed by atoms with Crippen LogP contribution in [0.3, 0.4) is 0 Å². The number of hydrogen-bond acceptors (Lipinski definition) is 5. The lowest BCUT2D eigenvalue weighted by Crippen LogP contribution is -2.02. The summed E-state index contributed by atoms with van der Waals surface area (Å²) < 4.78 is 2.38. The Labute approximate surface area is 117 Å². The van der Waals surface area contributed by atoms with E-state index in [4.69, 9.17) is 0 Å². The Hall–Kier alpha value is -1.96. The highest BCUT2D eigenvalue weighted by Gasteiger charge is 2.14. The molecular formula is C11H12BrN5O2. The number of halogens is 1. The smallest absolute Gasteiger partial charge is 0.274 e. The van der Waals surface area contributed by atoms with E-state index >= 15 is 0 Å². The van der Waals surface area contributed by atoms with Gasteiger partial charge in [-0.15, -0.1) is 5.10 Å². The Morgan fingerprint density at radius 3 is 2.84 bits per heavy atom. The zero-order valence-corrected chi connectivity index (χ0v) is 12.0. The van der Waals surface area contributed by atoms with Crippen LogP contribution in [0, 0.1) is 17.0 Å². The third-order valence-electron chi connectivity index (χ3n) is 2.59. The Balaban J connectivity index is 2.20. The molecule has 1 heterocycles. The largest absolute Gasteiger partial charge is 0.378 e. The van der Waals surface area contributed by atoms with E-state index in [1.54, 1.807) is 30.9 Å². The summed E-state index contributed by atoms with van der Waals surface area (Å²) in [5, 5.41) is 21.8. The van der Waals surface area contributed by atoms with E-state index in [2.05, 4.69) is 31.6 Å². The molecule has 0 radical (unpaired) electrons. The summed E-state index contributed by atoms with van der Waals surface area (Å²) in [6.45, 7) is 2.15. The number of aromatic nitrogens is 3. The first-order chi connectivity index (χ1) is 8.97. The van der Waals surface area contributed by atoms with Gasteiger partial charge in [-0.3, -0.25) is 14.8 Å². The van der Waals surface area contributed by atoms with E-state index in [9.17, 15) is 10.1 Å². The van der Waals surface area contributed by atoms with Crippen LogP contribution in [0.1, 0.15) is 11.3 Å². The molecule has 0 bridgehead atoms. The minimum absolute atomic E-state index is 0.0878. The molecule has 100 valence electrons. The lowest BCUT2D eigenvalue weighted by Gasteiger charge is -2.08. The summed E-state index contributed by atoms with van der Waals surface area (Å²) in [7, 11) is 1.78. The number of nitrogens with one attached hydrogen (secondary N) is 1. The lowest BCUT2D eigenvalue weighted by atomic mass is 10.2. The van der Waals surface area contributed by atoms with Crippen LogP contribution in [0.15, 0.2) is 22.8 Å². The zero-order chi connectivity index (χ0) is 14.0. The molecule has 0 atom stereocenters. The molecule has 0 aliphatic heterocycles. The van der Waals surface area contributed by atoms with Gasteiger partial charge in [0.15, 0.2) is 0 Å². The molecule has 0 saturated carbocycles. The molecule has 8 heteroatoms. The van der Waals surface area contributed by atoms with Crippen molar-refractivity contribution in [2.24, 2.45) is 7.05 Å². The molecule has 0 saturated heterocycles. The summed E-state index contributed by atoms with van der Waals surface area (Å²) in [6.07, 6.45) is 1.78. The number of benzene rings is 1. The van der Waals surface area contributed by atoms with E-state index in [0.717, 1.165) is 10.2 Å². The van der Waals surface area contributed by atoms with Crippen LogP contribution in [0.25, 0.3) is 0 Å². The zero-order valence-electron chi connectivity index (χ0n) is 10.4. The Morgan fingerprint density at radius 1 is 1.53 bits per heavy atom. The van der Waals surface area contributed by atoms with Crippen LogP contribution in [-0.4, -0.2) is 19.9 Å². The van der Waals surface area contributed by atoms with Gasteiger partial charge in [0.2, 0.25) is 0 Å². The first-order valence-corrected chi connectivity index (χ1v) is 6.30. The van der Waals surface area contributed by atoms with E-state index in [1.807, 2.05) is 0 Å². The number of nitro benzene ring substituents is 1. The predicted molar refractivity (Wildman–Crippen MR) is 73.9 cm³/mol. The van der Waals surface area contributed by atoms with Gasteiger partial charge in [0.1, 0.15) is 5.69 Å². The summed E-state index contributed by atoms with van der Waals surface area (Å²) >= 11 is 3.38. The quantitative estimate of drug-likeness (QED) is 0.689. The number of rotatable bonds is 4. The fourth-order valence-corrected chi connectivity index (χ4v) is 2.25. The average Bonchev–Trinajstić information content (AvgIpc) is 2.73. The van der Waals surface area contributed by atoms with Crippen LogP contribution in [0.2, 0.25) is 0 Å². The molecule has 0 amide bonds. The number of nitro groups is 1. The monoisotopic (exact) mass is 325 g/mol. The molecule has 0 aliphatic carbocycles. The second-order valence-corrected chi connectivity index (χ2v) is 4.97. The van der Waals surface area contributed by atoms with Crippen molar-refractivity contribution >= 4 is 27.3 Å². The van der Waals surface area contributed by atoms with Gasteiger partial charge in [0, 0.05) is 29.3 Å². The minimum atomic E-state index is -0.394. The van der Waals surface area contributed by atoms with Gasteiger partial charge in [-0.2, -0.15) is 0 Å². The van der Waals surface area contributed by atoms with Crippen molar-refractivity contribution in [3.8, 4) is 0 Å². The van der Waals surface area contributed by atoms with Crippen molar-refractivity contribution in [2.45, 2.75) is 13.5 Å². The van der Waals surface area contributed by atoms with Gasteiger partial charge in [-0.25, -0.2) is 0 Å². The lowest BCUT2D eigenvalue weighted by molar-refractivity contribution is -0.385. The van der Waals surface area contributed by atoms with Crippen molar-refractivity contribution in [1.82, 2.24) is 15.0 Å². The van der Waals surface area contributed by atoms with E-state index in [0.29, 0.717) is 17.8 Å². The molecular weight excluding hydrogens is 314 g/mol. The van der Waals surface area contributed by atoms with Crippen LogP contribution < -0.4 is 5.32 Å². The highest BCUT2D eigenvalue weighted by atomic mass is 79.9. The van der Waals surface area contributed by atoms with Gasteiger partial charge in [-0.1, -0.05) is 5.21 Å².